The van der Waals surface area contributed by atoms with E-state index in [1.54, 1.807) is 25.3 Å². The van der Waals surface area contributed by atoms with Gasteiger partial charge in [0.15, 0.2) is 0 Å². The topological polar surface area (TPSA) is 75.7 Å². The molecule has 0 spiro atoms. The molecule has 146 valence electrons. The van der Waals surface area contributed by atoms with Crippen LogP contribution in [0.25, 0.3) is 0 Å². The van der Waals surface area contributed by atoms with Crippen LogP contribution in [0.15, 0.2) is 42.5 Å². The van der Waals surface area contributed by atoms with Crippen molar-refractivity contribution in [2.45, 2.75) is 26.3 Å². The fraction of sp³-hybridized carbons (Fsp3) is 0.350. The Morgan fingerprint density at radius 3 is 2.33 bits per heavy atom. The summed E-state index contributed by atoms with van der Waals surface area (Å²) in [7, 11) is -0.323. The molecule has 0 saturated carbocycles. The molecule has 27 heavy (non-hydrogen) atoms. The Hall–Kier alpha value is -2.54. The van der Waals surface area contributed by atoms with Gasteiger partial charge in [0, 0.05) is 12.6 Å². The van der Waals surface area contributed by atoms with Crippen LogP contribution < -0.4 is 14.4 Å². The quantitative estimate of drug-likeness (QED) is 0.787. The van der Waals surface area contributed by atoms with Gasteiger partial charge in [-0.05, 0) is 48.7 Å². The number of amides is 1. The van der Waals surface area contributed by atoms with Gasteiger partial charge in [0.05, 0.1) is 25.1 Å². The lowest BCUT2D eigenvalue weighted by Gasteiger charge is -2.21. The number of carbonyl (C=O) groups excluding carboxylic acids is 1. The highest BCUT2D eigenvalue weighted by Gasteiger charge is 2.18. The SMILES string of the molecule is CC[C@H](NC(=O)c1ccc(C)c(N(C)S(C)(=O)=O)c1)c1ccc(OC)cc1. The Kier molecular flexibility index (Phi) is 6.49. The van der Waals surface area contributed by atoms with Crippen molar-refractivity contribution in [2.24, 2.45) is 0 Å². The second kappa shape index (κ2) is 8.43. The van der Waals surface area contributed by atoms with Gasteiger partial charge in [0.2, 0.25) is 10.0 Å². The molecule has 0 aliphatic heterocycles. The standard InChI is InChI=1S/C20H26N2O4S/c1-6-18(15-9-11-17(26-4)12-10-15)21-20(23)16-8-7-14(2)19(13-16)22(3)27(5,24)25/h7-13,18H,6H2,1-5H3,(H,21,23)/t18-/m0/s1. The van der Waals surface area contributed by atoms with Gasteiger partial charge in [-0.25, -0.2) is 8.42 Å². The summed E-state index contributed by atoms with van der Waals surface area (Å²) < 4.78 is 30.0. The molecule has 0 radical (unpaired) electrons. The molecule has 0 heterocycles. The Labute approximate surface area is 161 Å². The Morgan fingerprint density at radius 2 is 1.81 bits per heavy atom. The Morgan fingerprint density at radius 1 is 1.19 bits per heavy atom. The van der Waals surface area contributed by atoms with Crippen LogP contribution in [0, 0.1) is 6.92 Å². The van der Waals surface area contributed by atoms with E-state index >= 15 is 0 Å². The monoisotopic (exact) mass is 390 g/mol. The maximum absolute atomic E-state index is 12.7. The van der Waals surface area contributed by atoms with E-state index in [1.807, 2.05) is 38.1 Å². The van der Waals surface area contributed by atoms with Crippen LogP contribution in [-0.4, -0.2) is 34.7 Å². The number of nitrogens with zero attached hydrogens (tertiary/aromatic N) is 1. The van der Waals surface area contributed by atoms with Crippen molar-refractivity contribution in [3.63, 3.8) is 0 Å². The lowest BCUT2D eigenvalue weighted by molar-refractivity contribution is 0.0935. The van der Waals surface area contributed by atoms with Crippen LogP contribution >= 0.6 is 0 Å². The third kappa shape index (κ3) is 5.01. The minimum absolute atomic E-state index is 0.152. The molecule has 6 nitrogen and oxygen atoms in total. The van der Waals surface area contributed by atoms with Crippen molar-refractivity contribution in [1.82, 2.24) is 5.32 Å². The molecular formula is C20H26N2O4S. The predicted octanol–water partition coefficient (Wildman–Crippen LogP) is 3.28. The third-order valence-corrected chi connectivity index (χ3v) is 5.73. The molecule has 0 aromatic heterocycles. The molecule has 1 N–H and O–H groups in total. The molecule has 0 unspecified atom stereocenters. The summed E-state index contributed by atoms with van der Waals surface area (Å²) in [6.07, 6.45) is 1.86. The van der Waals surface area contributed by atoms with Crippen LogP contribution in [0.3, 0.4) is 0 Å². The van der Waals surface area contributed by atoms with Crippen molar-refractivity contribution < 1.29 is 17.9 Å². The van der Waals surface area contributed by atoms with E-state index in [4.69, 9.17) is 4.74 Å². The molecule has 0 aliphatic rings. The molecule has 0 saturated heterocycles. The van der Waals surface area contributed by atoms with E-state index in [9.17, 15) is 13.2 Å². The highest BCUT2D eigenvalue weighted by Crippen LogP contribution is 2.24. The predicted molar refractivity (Wildman–Crippen MR) is 108 cm³/mol. The zero-order valence-corrected chi connectivity index (χ0v) is 17.1. The Bertz CT molecular complexity index is 908. The van der Waals surface area contributed by atoms with Crippen molar-refractivity contribution in [1.29, 1.82) is 0 Å². The lowest BCUT2D eigenvalue weighted by atomic mass is 10.0. The number of ether oxygens (including phenoxy) is 1. The number of carbonyl (C=O) groups is 1. The van der Waals surface area contributed by atoms with Crippen molar-refractivity contribution >= 4 is 21.6 Å². The fourth-order valence-electron chi connectivity index (χ4n) is 2.77. The summed E-state index contributed by atoms with van der Waals surface area (Å²) in [5.41, 5.74) is 2.66. The van der Waals surface area contributed by atoms with E-state index < -0.39 is 10.0 Å². The largest absolute Gasteiger partial charge is 0.497 e. The van der Waals surface area contributed by atoms with E-state index in [2.05, 4.69) is 5.32 Å². The van der Waals surface area contributed by atoms with Gasteiger partial charge in [-0.3, -0.25) is 9.10 Å². The van der Waals surface area contributed by atoms with Crippen LogP contribution in [0.1, 0.15) is 40.9 Å². The number of hydrogen-bond acceptors (Lipinski definition) is 4. The van der Waals surface area contributed by atoms with E-state index in [-0.39, 0.29) is 11.9 Å². The van der Waals surface area contributed by atoms with Crippen molar-refractivity contribution in [2.75, 3.05) is 24.7 Å². The average molecular weight is 391 g/mol. The van der Waals surface area contributed by atoms with Gasteiger partial charge in [-0.2, -0.15) is 0 Å². The number of rotatable bonds is 7. The van der Waals surface area contributed by atoms with Crippen molar-refractivity contribution in [3.8, 4) is 5.75 Å². The molecule has 1 amide bonds. The van der Waals surface area contributed by atoms with Crippen LogP contribution in [0.2, 0.25) is 0 Å². The zero-order chi connectivity index (χ0) is 20.2. The number of sulfonamides is 1. The molecule has 0 bridgehead atoms. The van der Waals surface area contributed by atoms with Gasteiger partial charge in [0.25, 0.3) is 5.91 Å². The molecule has 0 fully saturated rings. The number of benzene rings is 2. The molecular weight excluding hydrogens is 364 g/mol. The summed E-state index contributed by atoms with van der Waals surface area (Å²) in [5.74, 6) is 0.507. The van der Waals surface area contributed by atoms with E-state index in [0.717, 1.165) is 29.6 Å². The number of hydrogen-bond donors (Lipinski definition) is 1. The van der Waals surface area contributed by atoms with Gasteiger partial charge in [0.1, 0.15) is 5.75 Å². The van der Waals surface area contributed by atoms with Gasteiger partial charge < -0.3 is 10.1 Å². The maximum atomic E-state index is 12.7. The molecule has 2 aromatic rings. The third-order valence-electron chi connectivity index (χ3n) is 4.54. The van der Waals surface area contributed by atoms with Crippen LogP contribution in [0.5, 0.6) is 5.75 Å². The van der Waals surface area contributed by atoms with E-state index in [1.165, 1.54) is 11.4 Å². The normalized spacial score (nSPS) is 12.3. The number of anilines is 1. The summed E-state index contributed by atoms with van der Waals surface area (Å²) in [5, 5.41) is 3.01. The van der Waals surface area contributed by atoms with Gasteiger partial charge >= 0.3 is 0 Å². The smallest absolute Gasteiger partial charge is 0.251 e. The lowest BCUT2D eigenvalue weighted by Crippen LogP contribution is -2.29. The average Bonchev–Trinajstić information content (AvgIpc) is 2.65. The first-order chi connectivity index (χ1) is 12.7. The minimum Gasteiger partial charge on any atom is -0.497 e. The molecule has 1 atom stereocenters. The minimum atomic E-state index is -3.41. The number of aryl methyl sites for hydroxylation is 1. The summed E-state index contributed by atoms with van der Waals surface area (Å²) in [4.78, 5) is 12.7. The first-order valence-electron chi connectivity index (χ1n) is 8.66. The van der Waals surface area contributed by atoms with Crippen molar-refractivity contribution in [3.05, 3.63) is 59.2 Å². The van der Waals surface area contributed by atoms with Gasteiger partial charge in [-0.15, -0.1) is 0 Å². The highest BCUT2D eigenvalue weighted by molar-refractivity contribution is 7.92. The molecule has 0 aliphatic carbocycles. The number of nitrogens with one attached hydrogen (secondary N) is 1. The Balaban J connectivity index is 2.25. The fourth-order valence-corrected chi connectivity index (χ4v) is 3.32. The molecule has 2 aromatic carbocycles. The second-order valence-corrected chi connectivity index (χ2v) is 8.45. The summed E-state index contributed by atoms with van der Waals surface area (Å²) >= 11 is 0. The number of methoxy groups -OCH3 is 1. The highest BCUT2D eigenvalue weighted by atomic mass is 32.2. The van der Waals surface area contributed by atoms with Gasteiger partial charge in [-0.1, -0.05) is 25.1 Å². The first kappa shape index (κ1) is 20.8. The molecule has 2 rings (SSSR count). The zero-order valence-electron chi connectivity index (χ0n) is 16.3. The second-order valence-electron chi connectivity index (χ2n) is 6.44. The summed E-state index contributed by atoms with van der Waals surface area (Å²) in [6, 6.07) is 12.5. The van der Waals surface area contributed by atoms with Crippen LogP contribution in [-0.2, 0) is 10.0 Å². The van der Waals surface area contributed by atoms with Crippen LogP contribution in [0.4, 0.5) is 5.69 Å². The van der Waals surface area contributed by atoms with E-state index in [0.29, 0.717) is 11.3 Å². The maximum Gasteiger partial charge on any atom is 0.251 e. The first-order valence-corrected chi connectivity index (χ1v) is 10.5. The molecule has 7 heteroatoms. The summed E-state index contributed by atoms with van der Waals surface area (Å²) in [6.45, 7) is 3.80.